The van der Waals surface area contributed by atoms with Gasteiger partial charge in [0.25, 0.3) is 0 Å². The van der Waals surface area contributed by atoms with E-state index in [1.54, 1.807) is 52.8 Å². The summed E-state index contributed by atoms with van der Waals surface area (Å²) in [6.07, 6.45) is -0.337. The molecule has 0 fully saturated rings. The van der Waals surface area contributed by atoms with Crippen LogP contribution in [-0.4, -0.2) is 24.1 Å². The van der Waals surface area contributed by atoms with E-state index < -0.39 is 0 Å². The maximum absolute atomic E-state index is 11.8. The Hall–Kier alpha value is -1.84. The van der Waals surface area contributed by atoms with Gasteiger partial charge in [0, 0.05) is 0 Å². The minimum absolute atomic E-state index is 0.168. The Balaban J connectivity index is 2.91. The predicted octanol–water partition coefficient (Wildman–Crippen LogP) is 3.13. The molecule has 0 saturated heterocycles. The summed E-state index contributed by atoms with van der Waals surface area (Å²) in [5.74, 6) is -0.766. The molecule has 0 atom stereocenters. The number of carbonyl (C=O) groups is 2. The Morgan fingerprint density at radius 1 is 0.947 bits per heavy atom. The second-order valence-corrected chi connectivity index (χ2v) is 4.94. The van der Waals surface area contributed by atoms with Gasteiger partial charge in [-0.2, -0.15) is 0 Å². The Labute approximate surface area is 113 Å². The normalized spacial score (nSPS) is 10.7. The van der Waals surface area contributed by atoms with Crippen LogP contribution in [0.5, 0.6) is 0 Å². The van der Waals surface area contributed by atoms with Gasteiger partial charge in [-0.1, -0.05) is 0 Å². The van der Waals surface area contributed by atoms with Crippen molar-refractivity contribution in [3.8, 4) is 0 Å². The third-order valence-electron chi connectivity index (χ3n) is 2.37. The number of aryl methyl sites for hydroxylation is 1. The minimum Gasteiger partial charge on any atom is -0.459 e. The SMILES string of the molecule is Cc1cc(C(=O)OC(C)C)ccc1C(=O)OC(C)C. The molecule has 0 heterocycles. The zero-order valence-electron chi connectivity index (χ0n) is 12.0. The van der Waals surface area contributed by atoms with Crippen LogP contribution in [0.4, 0.5) is 0 Å². The minimum atomic E-state index is -0.387. The van der Waals surface area contributed by atoms with Crippen molar-refractivity contribution in [2.75, 3.05) is 0 Å². The highest BCUT2D eigenvalue weighted by molar-refractivity contribution is 5.94. The number of ether oxygens (including phenoxy) is 2. The average Bonchev–Trinajstić information content (AvgIpc) is 2.26. The van der Waals surface area contributed by atoms with Crippen LogP contribution in [0.2, 0.25) is 0 Å². The molecule has 1 aromatic carbocycles. The van der Waals surface area contributed by atoms with Gasteiger partial charge in [-0.05, 0) is 58.4 Å². The number of esters is 2. The molecule has 0 aliphatic rings. The smallest absolute Gasteiger partial charge is 0.338 e. The fraction of sp³-hybridized carbons (Fsp3) is 0.467. The summed E-state index contributed by atoms with van der Waals surface area (Å²) in [5.41, 5.74) is 1.60. The van der Waals surface area contributed by atoms with Gasteiger partial charge in [-0.15, -0.1) is 0 Å². The Morgan fingerprint density at radius 3 is 1.95 bits per heavy atom. The third-order valence-corrected chi connectivity index (χ3v) is 2.37. The highest BCUT2D eigenvalue weighted by Crippen LogP contribution is 2.14. The molecule has 0 aliphatic heterocycles. The molecule has 4 nitrogen and oxygen atoms in total. The standard InChI is InChI=1S/C15H20O4/c1-9(2)18-14(16)12-6-7-13(11(5)8-12)15(17)19-10(3)4/h6-10H,1-5H3. The third kappa shape index (κ3) is 4.39. The van der Waals surface area contributed by atoms with Crippen LogP contribution in [0.3, 0.4) is 0 Å². The summed E-state index contributed by atoms with van der Waals surface area (Å²) >= 11 is 0. The number of carbonyl (C=O) groups excluding carboxylic acids is 2. The zero-order valence-corrected chi connectivity index (χ0v) is 12.0. The van der Waals surface area contributed by atoms with Crippen LogP contribution >= 0.6 is 0 Å². The molecule has 0 aliphatic carbocycles. The van der Waals surface area contributed by atoms with Gasteiger partial charge < -0.3 is 9.47 Å². The molecule has 0 spiro atoms. The van der Waals surface area contributed by atoms with Gasteiger partial charge in [0.2, 0.25) is 0 Å². The van der Waals surface area contributed by atoms with Crippen molar-refractivity contribution in [2.24, 2.45) is 0 Å². The summed E-state index contributed by atoms with van der Waals surface area (Å²) in [4.78, 5) is 23.5. The Bertz CT molecular complexity index is 475. The van der Waals surface area contributed by atoms with Crippen molar-refractivity contribution in [3.63, 3.8) is 0 Å². The number of hydrogen-bond acceptors (Lipinski definition) is 4. The summed E-state index contributed by atoms with van der Waals surface area (Å²) in [5, 5.41) is 0. The quantitative estimate of drug-likeness (QED) is 0.784. The number of rotatable bonds is 4. The first-order valence-corrected chi connectivity index (χ1v) is 6.34. The maximum Gasteiger partial charge on any atom is 0.338 e. The summed E-state index contributed by atoms with van der Waals surface area (Å²) < 4.78 is 10.2. The second-order valence-electron chi connectivity index (χ2n) is 4.94. The molecule has 0 aromatic heterocycles. The van der Waals surface area contributed by atoms with E-state index in [4.69, 9.17) is 9.47 Å². The topological polar surface area (TPSA) is 52.6 Å². The van der Waals surface area contributed by atoms with Gasteiger partial charge in [0.15, 0.2) is 0 Å². The van der Waals surface area contributed by atoms with Crippen LogP contribution in [0.25, 0.3) is 0 Å². The first-order chi connectivity index (χ1) is 8.81. The lowest BCUT2D eigenvalue weighted by Gasteiger charge is -2.12. The summed E-state index contributed by atoms with van der Waals surface area (Å²) in [6.45, 7) is 8.94. The molecule has 0 bridgehead atoms. The summed E-state index contributed by atoms with van der Waals surface area (Å²) in [6, 6.07) is 4.81. The number of hydrogen-bond donors (Lipinski definition) is 0. The molecular formula is C15H20O4. The lowest BCUT2D eigenvalue weighted by molar-refractivity contribution is 0.0361. The van der Waals surface area contributed by atoms with Gasteiger partial charge >= 0.3 is 11.9 Å². The van der Waals surface area contributed by atoms with Crippen LogP contribution in [0.1, 0.15) is 54.0 Å². The van der Waals surface area contributed by atoms with Crippen molar-refractivity contribution in [1.82, 2.24) is 0 Å². The predicted molar refractivity (Wildman–Crippen MR) is 72.3 cm³/mol. The van der Waals surface area contributed by atoms with Gasteiger partial charge in [-0.25, -0.2) is 9.59 Å². The van der Waals surface area contributed by atoms with Gasteiger partial charge in [0.1, 0.15) is 0 Å². The van der Waals surface area contributed by atoms with E-state index in [1.807, 2.05) is 0 Å². The zero-order chi connectivity index (χ0) is 14.6. The first-order valence-electron chi connectivity index (χ1n) is 6.34. The lowest BCUT2D eigenvalue weighted by atomic mass is 10.1. The lowest BCUT2D eigenvalue weighted by Crippen LogP contribution is -2.15. The highest BCUT2D eigenvalue weighted by atomic mass is 16.5. The molecule has 0 radical (unpaired) electrons. The monoisotopic (exact) mass is 264 g/mol. The fourth-order valence-corrected chi connectivity index (χ4v) is 1.58. The molecule has 0 amide bonds. The Kier molecular flexibility index (Phi) is 5.10. The van der Waals surface area contributed by atoms with E-state index >= 15 is 0 Å². The average molecular weight is 264 g/mol. The maximum atomic E-state index is 11.8. The van der Waals surface area contributed by atoms with Crippen molar-refractivity contribution in [3.05, 3.63) is 34.9 Å². The van der Waals surface area contributed by atoms with Gasteiger partial charge in [0.05, 0.1) is 23.3 Å². The van der Waals surface area contributed by atoms with Crippen molar-refractivity contribution in [1.29, 1.82) is 0 Å². The molecule has 1 rings (SSSR count). The molecule has 4 heteroatoms. The van der Waals surface area contributed by atoms with Crippen molar-refractivity contribution < 1.29 is 19.1 Å². The van der Waals surface area contributed by atoms with Crippen molar-refractivity contribution in [2.45, 2.75) is 46.8 Å². The highest BCUT2D eigenvalue weighted by Gasteiger charge is 2.15. The van der Waals surface area contributed by atoms with Crippen LogP contribution in [0, 0.1) is 6.92 Å². The molecule has 1 aromatic rings. The molecule has 0 N–H and O–H groups in total. The largest absolute Gasteiger partial charge is 0.459 e. The second kappa shape index (κ2) is 6.36. The molecular weight excluding hydrogens is 244 g/mol. The van der Waals surface area contributed by atoms with Crippen LogP contribution in [0.15, 0.2) is 18.2 Å². The first kappa shape index (κ1) is 15.2. The molecule has 104 valence electrons. The van der Waals surface area contributed by atoms with E-state index in [9.17, 15) is 9.59 Å². The van der Waals surface area contributed by atoms with E-state index in [2.05, 4.69) is 0 Å². The van der Waals surface area contributed by atoms with Crippen molar-refractivity contribution >= 4 is 11.9 Å². The number of benzene rings is 1. The van der Waals surface area contributed by atoms with E-state index in [1.165, 1.54) is 0 Å². The van der Waals surface area contributed by atoms with E-state index in [-0.39, 0.29) is 24.1 Å². The molecule has 0 unspecified atom stereocenters. The molecule has 0 saturated carbocycles. The molecule has 19 heavy (non-hydrogen) atoms. The van der Waals surface area contributed by atoms with Crippen LogP contribution in [-0.2, 0) is 9.47 Å². The Morgan fingerprint density at radius 2 is 1.47 bits per heavy atom. The fourth-order valence-electron chi connectivity index (χ4n) is 1.58. The van der Waals surface area contributed by atoms with Crippen LogP contribution < -0.4 is 0 Å². The summed E-state index contributed by atoms with van der Waals surface area (Å²) in [7, 11) is 0. The van der Waals surface area contributed by atoms with E-state index in [0.29, 0.717) is 16.7 Å². The van der Waals surface area contributed by atoms with Gasteiger partial charge in [-0.3, -0.25) is 0 Å². The van der Waals surface area contributed by atoms with E-state index in [0.717, 1.165) is 0 Å².